The molecule has 0 saturated heterocycles. The molecule has 0 amide bonds. The second-order valence-corrected chi connectivity index (χ2v) is 5.84. The molecule has 0 radical (unpaired) electrons. The van der Waals surface area contributed by atoms with Crippen molar-refractivity contribution in [3.63, 3.8) is 0 Å². The summed E-state index contributed by atoms with van der Waals surface area (Å²) in [6.07, 6.45) is 0. The Morgan fingerprint density at radius 3 is 2.59 bits per heavy atom. The number of phenols is 1. The van der Waals surface area contributed by atoms with E-state index >= 15 is 0 Å². The van der Waals surface area contributed by atoms with Gasteiger partial charge in [-0.1, -0.05) is 0 Å². The lowest BCUT2D eigenvalue weighted by Crippen LogP contribution is -2.21. The number of hydrogen-bond donors (Lipinski definition) is 1. The number of hydrogen-bond acceptors (Lipinski definition) is 3. The minimum atomic E-state index is -3.08. The zero-order valence-corrected chi connectivity index (χ0v) is 13.0. The molecule has 0 bridgehead atoms. The van der Waals surface area contributed by atoms with E-state index in [1.54, 1.807) is 6.07 Å². The van der Waals surface area contributed by atoms with Crippen LogP contribution >= 0.6 is 45.2 Å². The first kappa shape index (κ1) is 14.9. The van der Waals surface area contributed by atoms with Crippen LogP contribution in [0.1, 0.15) is 17.3 Å². The number of carbonyl (C=O) groups is 1. The zero-order valence-electron chi connectivity index (χ0n) is 8.64. The van der Waals surface area contributed by atoms with E-state index in [1.165, 1.54) is 6.07 Å². The van der Waals surface area contributed by atoms with Crippen LogP contribution in [0.2, 0.25) is 0 Å². The lowest BCUT2D eigenvalue weighted by Gasteiger charge is -2.12. The number of benzene rings is 1. The van der Waals surface area contributed by atoms with Crippen molar-refractivity contribution in [3.8, 4) is 5.75 Å². The summed E-state index contributed by atoms with van der Waals surface area (Å²) in [5, 5.41) is 9.62. The Hall–Kier alpha value is -0.190. The molecule has 0 aliphatic carbocycles. The maximum Gasteiger partial charge on any atom is 0.342 e. The van der Waals surface area contributed by atoms with Crippen LogP contribution in [0.3, 0.4) is 0 Å². The Balaban J connectivity index is 2.90. The number of carbonyl (C=O) groups excluding carboxylic acids is 1. The number of esters is 1. The number of halogens is 4. The van der Waals surface area contributed by atoms with Crippen molar-refractivity contribution in [2.24, 2.45) is 0 Å². The summed E-state index contributed by atoms with van der Waals surface area (Å²) in [4.78, 5) is 11.5. The normalized spacial score (nSPS) is 11.4. The van der Waals surface area contributed by atoms with Gasteiger partial charge in [0.05, 0.1) is 3.57 Å². The molecule has 1 aromatic rings. The van der Waals surface area contributed by atoms with Crippen molar-refractivity contribution in [1.82, 2.24) is 0 Å². The van der Waals surface area contributed by atoms with Gasteiger partial charge in [0, 0.05) is 10.5 Å². The van der Waals surface area contributed by atoms with E-state index < -0.39 is 18.5 Å². The Morgan fingerprint density at radius 1 is 1.47 bits per heavy atom. The first-order valence-corrected chi connectivity index (χ1v) is 6.59. The third kappa shape index (κ3) is 4.53. The molecule has 0 unspecified atom stereocenters. The Labute approximate surface area is 124 Å². The number of ether oxygens (including phenoxy) is 1. The summed E-state index contributed by atoms with van der Waals surface area (Å²) in [7, 11) is 0. The van der Waals surface area contributed by atoms with Crippen LogP contribution in [0, 0.1) is 7.14 Å². The van der Waals surface area contributed by atoms with E-state index in [9.17, 15) is 18.7 Å². The minimum absolute atomic E-state index is 0.106. The summed E-state index contributed by atoms with van der Waals surface area (Å²) >= 11 is 3.80. The summed E-state index contributed by atoms with van der Waals surface area (Å²) in [6.45, 7) is -0.355. The fourth-order valence-corrected chi connectivity index (χ4v) is 2.84. The molecule has 0 atom stereocenters. The van der Waals surface area contributed by atoms with E-state index in [0.717, 1.165) is 0 Å². The number of aromatic hydroxyl groups is 1. The largest absolute Gasteiger partial charge is 0.506 e. The molecule has 3 nitrogen and oxygen atoms in total. The quantitative estimate of drug-likeness (QED) is 0.547. The van der Waals surface area contributed by atoms with Gasteiger partial charge in [0.25, 0.3) is 5.92 Å². The topological polar surface area (TPSA) is 46.5 Å². The van der Waals surface area contributed by atoms with E-state index in [-0.39, 0.29) is 11.3 Å². The van der Waals surface area contributed by atoms with Crippen LogP contribution < -0.4 is 0 Å². The summed E-state index contributed by atoms with van der Waals surface area (Å²) in [5.74, 6) is -4.30. The molecule has 7 heteroatoms. The second kappa shape index (κ2) is 5.63. The molecule has 0 aromatic heterocycles. The SMILES string of the molecule is CC(F)(F)COC(=O)c1cc(I)cc(I)c1O. The smallest absolute Gasteiger partial charge is 0.342 e. The van der Waals surface area contributed by atoms with Gasteiger partial charge in [-0.2, -0.15) is 0 Å². The van der Waals surface area contributed by atoms with Crippen molar-refractivity contribution < 1.29 is 23.4 Å². The van der Waals surface area contributed by atoms with E-state index in [4.69, 9.17) is 0 Å². The monoisotopic (exact) mass is 468 g/mol. The highest BCUT2D eigenvalue weighted by Crippen LogP contribution is 2.27. The molecule has 0 spiro atoms. The average molecular weight is 468 g/mol. The molecular formula is C10H8F2I2O3. The summed E-state index contributed by atoms with van der Waals surface area (Å²) in [5.41, 5.74) is -0.106. The van der Waals surface area contributed by atoms with Crippen LogP contribution in [0.25, 0.3) is 0 Å². The summed E-state index contributed by atoms with van der Waals surface area (Å²) < 4.78 is 30.6. The van der Waals surface area contributed by atoms with Gasteiger partial charge in [-0.3, -0.25) is 0 Å². The van der Waals surface area contributed by atoms with Gasteiger partial charge in [-0.15, -0.1) is 0 Å². The van der Waals surface area contributed by atoms with Gasteiger partial charge >= 0.3 is 5.97 Å². The molecule has 94 valence electrons. The van der Waals surface area contributed by atoms with Crippen LogP contribution in [0.15, 0.2) is 12.1 Å². The molecule has 0 aliphatic rings. The maximum absolute atomic E-state index is 12.5. The molecule has 1 N–H and O–H groups in total. The number of alkyl halides is 2. The summed E-state index contributed by atoms with van der Waals surface area (Å²) in [6, 6.07) is 3.04. The molecule has 1 rings (SSSR count). The van der Waals surface area contributed by atoms with Crippen molar-refractivity contribution in [3.05, 3.63) is 24.8 Å². The van der Waals surface area contributed by atoms with Gasteiger partial charge in [0.1, 0.15) is 11.3 Å². The Kier molecular flexibility index (Phi) is 4.93. The highest BCUT2D eigenvalue weighted by molar-refractivity contribution is 14.1. The first-order chi connectivity index (χ1) is 7.70. The number of phenolic OH excluding ortho intramolecular Hbond substituents is 1. The van der Waals surface area contributed by atoms with Gasteiger partial charge in [0.2, 0.25) is 0 Å². The lowest BCUT2D eigenvalue weighted by molar-refractivity contribution is -0.0468. The fraction of sp³-hybridized carbons (Fsp3) is 0.300. The highest BCUT2D eigenvalue weighted by atomic mass is 127. The van der Waals surface area contributed by atoms with Gasteiger partial charge in [-0.05, 0) is 57.3 Å². The third-order valence-electron chi connectivity index (χ3n) is 1.70. The van der Waals surface area contributed by atoms with Gasteiger partial charge in [-0.25, -0.2) is 13.6 Å². The van der Waals surface area contributed by atoms with E-state index in [0.29, 0.717) is 14.1 Å². The van der Waals surface area contributed by atoms with E-state index in [1.807, 2.05) is 45.2 Å². The minimum Gasteiger partial charge on any atom is -0.506 e. The first-order valence-electron chi connectivity index (χ1n) is 4.43. The van der Waals surface area contributed by atoms with Crippen LogP contribution in [-0.2, 0) is 4.74 Å². The predicted octanol–water partition coefficient (Wildman–Crippen LogP) is 3.41. The van der Waals surface area contributed by atoms with Crippen molar-refractivity contribution in [1.29, 1.82) is 0 Å². The highest BCUT2D eigenvalue weighted by Gasteiger charge is 2.25. The van der Waals surface area contributed by atoms with Crippen LogP contribution in [0.4, 0.5) is 8.78 Å². The van der Waals surface area contributed by atoms with Crippen molar-refractivity contribution in [2.75, 3.05) is 6.61 Å². The zero-order chi connectivity index (χ0) is 13.2. The molecule has 17 heavy (non-hydrogen) atoms. The number of rotatable bonds is 3. The van der Waals surface area contributed by atoms with Crippen molar-refractivity contribution >= 4 is 51.2 Å². The van der Waals surface area contributed by atoms with Gasteiger partial charge in [0.15, 0.2) is 6.61 Å². The molecule has 0 heterocycles. The molecule has 0 saturated carbocycles. The van der Waals surface area contributed by atoms with E-state index in [2.05, 4.69) is 4.74 Å². The molecule has 1 aromatic carbocycles. The fourth-order valence-electron chi connectivity index (χ4n) is 0.992. The molecular weight excluding hydrogens is 460 g/mol. The van der Waals surface area contributed by atoms with Crippen LogP contribution in [-0.4, -0.2) is 23.6 Å². The molecule has 0 fully saturated rings. The van der Waals surface area contributed by atoms with Gasteiger partial charge < -0.3 is 9.84 Å². The van der Waals surface area contributed by atoms with Crippen LogP contribution in [0.5, 0.6) is 5.75 Å². The predicted molar refractivity (Wildman–Crippen MR) is 74.4 cm³/mol. The second-order valence-electron chi connectivity index (χ2n) is 3.43. The Morgan fingerprint density at radius 2 is 2.06 bits per heavy atom. The lowest BCUT2D eigenvalue weighted by atomic mass is 10.2. The average Bonchev–Trinajstić information content (AvgIpc) is 2.19. The Bertz CT molecular complexity index is 444. The standard InChI is InChI=1S/C10H8F2I2O3/c1-10(11,12)4-17-9(16)6-2-5(13)3-7(14)8(6)15/h2-3,15H,4H2,1H3. The maximum atomic E-state index is 12.5. The van der Waals surface area contributed by atoms with Crippen molar-refractivity contribution in [2.45, 2.75) is 12.8 Å². The third-order valence-corrected chi connectivity index (χ3v) is 3.15. The molecule has 0 aliphatic heterocycles.